The van der Waals surface area contributed by atoms with E-state index in [0.717, 1.165) is 9.88 Å². The number of anilines is 1. The molecule has 2 aromatic rings. The lowest BCUT2D eigenvalue weighted by Gasteiger charge is -2.04. The summed E-state index contributed by atoms with van der Waals surface area (Å²) < 4.78 is 1.49. The highest BCUT2D eigenvalue weighted by atomic mass is 32.1. The number of amides is 1. The summed E-state index contributed by atoms with van der Waals surface area (Å²) in [4.78, 5) is 17.3. The molecule has 0 bridgehead atoms. The van der Waals surface area contributed by atoms with Crippen LogP contribution in [0.15, 0.2) is 6.20 Å². The van der Waals surface area contributed by atoms with Crippen molar-refractivity contribution in [2.24, 2.45) is 7.05 Å². The van der Waals surface area contributed by atoms with Gasteiger partial charge in [-0.15, -0.1) is 11.3 Å². The van der Waals surface area contributed by atoms with Crippen molar-refractivity contribution < 1.29 is 4.79 Å². The molecule has 6 nitrogen and oxygen atoms in total. The molecule has 2 aromatic heterocycles. The zero-order chi connectivity index (χ0) is 13.3. The third kappa shape index (κ3) is 2.35. The molecule has 2 heterocycles. The van der Waals surface area contributed by atoms with Crippen LogP contribution in [0.3, 0.4) is 0 Å². The molecule has 0 saturated heterocycles. The van der Waals surface area contributed by atoms with E-state index in [-0.39, 0.29) is 5.91 Å². The molecule has 0 unspecified atom stereocenters. The van der Waals surface area contributed by atoms with E-state index in [1.165, 1.54) is 4.68 Å². The number of rotatable bonds is 3. The molecule has 0 aliphatic rings. The molecule has 0 atom stereocenters. The number of hydrogen-bond donors (Lipinski definition) is 2. The Morgan fingerprint density at radius 2 is 2.28 bits per heavy atom. The van der Waals surface area contributed by atoms with Crippen molar-refractivity contribution in [1.82, 2.24) is 20.1 Å². The first-order valence-corrected chi connectivity index (χ1v) is 6.29. The summed E-state index contributed by atoms with van der Waals surface area (Å²) in [7, 11) is 1.70. The van der Waals surface area contributed by atoms with Gasteiger partial charge in [-0.05, 0) is 13.8 Å². The standard InChI is InChI=1S/C11H15N5OS/c1-6-4-13-8(18-6)5-14-11(17)10-9(12)7(2)15-16(10)3/h4H,5,12H2,1-3H3,(H,14,17). The average Bonchev–Trinajstić information content (AvgIpc) is 2.82. The predicted octanol–water partition coefficient (Wildman–Crippen LogP) is 1.01. The Morgan fingerprint density at radius 1 is 1.56 bits per heavy atom. The summed E-state index contributed by atoms with van der Waals surface area (Å²) in [6.45, 7) is 4.16. The van der Waals surface area contributed by atoms with Gasteiger partial charge in [0.25, 0.3) is 5.91 Å². The van der Waals surface area contributed by atoms with Gasteiger partial charge >= 0.3 is 0 Å². The Hall–Kier alpha value is -1.89. The molecule has 0 fully saturated rings. The second-order valence-electron chi connectivity index (χ2n) is 4.02. The zero-order valence-electron chi connectivity index (χ0n) is 10.5. The second kappa shape index (κ2) is 4.77. The van der Waals surface area contributed by atoms with E-state index < -0.39 is 0 Å². The normalized spacial score (nSPS) is 10.6. The molecule has 1 amide bonds. The van der Waals surface area contributed by atoms with E-state index in [1.807, 2.05) is 6.92 Å². The number of carbonyl (C=O) groups is 1. The Balaban J connectivity index is 2.08. The minimum absolute atomic E-state index is 0.233. The van der Waals surface area contributed by atoms with Crippen molar-refractivity contribution >= 4 is 22.9 Å². The topological polar surface area (TPSA) is 85.8 Å². The maximum atomic E-state index is 12.0. The first kappa shape index (κ1) is 12.6. The molecule has 18 heavy (non-hydrogen) atoms. The fourth-order valence-corrected chi connectivity index (χ4v) is 2.39. The SMILES string of the molecule is Cc1cnc(CNC(=O)c2c(N)c(C)nn2C)s1. The van der Waals surface area contributed by atoms with Crippen LogP contribution >= 0.6 is 11.3 Å². The van der Waals surface area contributed by atoms with Gasteiger partial charge in [-0.3, -0.25) is 9.48 Å². The van der Waals surface area contributed by atoms with Gasteiger partial charge in [-0.1, -0.05) is 0 Å². The van der Waals surface area contributed by atoms with Crippen LogP contribution in [-0.2, 0) is 13.6 Å². The molecule has 0 radical (unpaired) electrons. The molecule has 0 spiro atoms. The highest BCUT2D eigenvalue weighted by Gasteiger charge is 2.17. The summed E-state index contributed by atoms with van der Waals surface area (Å²) in [6.07, 6.45) is 1.79. The van der Waals surface area contributed by atoms with Crippen LogP contribution in [0.4, 0.5) is 5.69 Å². The highest BCUT2D eigenvalue weighted by molar-refractivity contribution is 7.11. The Morgan fingerprint density at radius 3 is 2.78 bits per heavy atom. The maximum absolute atomic E-state index is 12.0. The smallest absolute Gasteiger partial charge is 0.272 e. The summed E-state index contributed by atoms with van der Waals surface area (Å²) in [6, 6.07) is 0. The molecule has 3 N–H and O–H groups in total. The first-order valence-electron chi connectivity index (χ1n) is 5.47. The number of carbonyl (C=O) groups excluding carboxylic acids is 1. The Bertz CT molecular complexity index is 586. The van der Waals surface area contributed by atoms with Crippen LogP contribution in [0.5, 0.6) is 0 Å². The van der Waals surface area contributed by atoms with Gasteiger partial charge in [-0.25, -0.2) is 4.98 Å². The Kier molecular flexibility index (Phi) is 3.33. The van der Waals surface area contributed by atoms with E-state index in [0.29, 0.717) is 23.6 Å². The van der Waals surface area contributed by atoms with Crippen molar-refractivity contribution in [2.45, 2.75) is 20.4 Å². The van der Waals surface area contributed by atoms with Crippen molar-refractivity contribution in [3.8, 4) is 0 Å². The average molecular weight is 265 g/mol. The number of aryl methyl sites for hydroxylation is 3. The van der Waals surface area contributed by atoms with Gasteiger partial charge in [0.15, 0.2) is 0 Å². The van der Waals surface area contributed by atoms with Crippen LogP contribution < -0.4 is 11.1 Å². The van der Waals surface area contributed by atoms with E-state index in [2.05, 4.69) is 15.4 Å². The highest BCUT2D eigenvalue weighted by Crippen LogP contribution is 2.15. The fourth-order valence-electron chi connectivity index (χ4n) is 1.67. The summed E-state index contributed by atoms with van der Waals surface area (Å²) in [5.74, 6) is -0.233. The maximum Gasteiger partial charge on any atom is 0.272 e. The molecular formula is C11H15N5OS. The molecule has 0 saturated carbocycles. The number of nitrogen functional groups attached to an aromatic ring is 1. The molecule has 0 aliphatic carbocycles. The number of thiazole rings is 1. The van der Waals surface area contributed by atoms with Gasteiger partial charge in [0.05, 0.1) is 17.9 Å². The minimum atomic E-state index is -0.233. The van der Waals surface area contributed by atoms with Gasteiger partial charge < -0.3 is 11.1 Å². The van der Waals surface area contributed by atoms with Crippen molar-refractivity contribution in [3.05, 3.63) is 27.5 Å². The number of nitrogens with one attached hydrogen (secondary N) is 1. The zero-order valence-corrected chi connectivity index (χ0v) is 11.3. The summed E-state index contributed by atoms with van der Waals surface area (Å²) in [5.41, 5.74) is 7.29. The van der Waals surface area contributed by atoms with E-state index in [1.54, 1.807) is 31.5 Å². The summed E-state index contributed by atoms with van der Waals surface area (Å²) >= 11 is 1.56. The van der Waals surface area contributed by atoms with Crippen LogP contribution in [-0.4, -0.2) is 20.7 Å². The van der Waals surface area contributed by atoms with Crippen LogP contribution in [0, 0.1) is 13.8 Å². The van der Waals surface area contributed by atoms with Crippen molar-refractivity contribution in [2.75, 3.05) is 5.73 Å². The Labute approximate surface area is 109 Å². The minimum Gasteiger partial charge on any atom is -0.395 e. The molecular weight excluding hydrogens is 250 g/mol. The molecule has 96 valence electrons. The van der Waals surface area contributed by atoms with Gasteiger partial charge in [0.2, 0.25) is 0 Å². The third-order valence-electron chi connectivity index (χ3n) is 2.55. The van der Waals surface area contributed by atoms with E-state index in [4.69, 9.17) is 5.73 Å². The van der Waals surface area contributed by atoms with Crippen LogP contribution in [0.25, 0.3) is 0 Å². The summed E-state index contributed by atoms with van der Waals surface area (Å²) in [5, 5.41) is 7.77. The predicted molar refractivity (Wildman–Crippen MR) is 70.4 cm³/mol. The molecule has 0 aliphatic heterocycles. The van der Waals surface area contributed by atoms with E-state index >= 15 is 0 Å². The number of aromatic nitrogens is 3. The number of nitrogens with two attached hydrogens (primary N) is 1. The second-order valence-corrected chi connectivity index (χ2v) is 5.34. The lowest BCUT2D eigenvalue weighted by Crippen LogP contribution is -2.26. The van der Waals surface area contributed by atoms with E-state index in [9.17, 15) is 4.79 Å². The van der Waals surface area contributed by atoms with Crippen LogP contribution in [0.2, 0.25) is 0 Å². The molecule has 7 heteroatoms. The molecule has 0 aromatic carbocycles. The quantitative estimate of drug-likeness (QED) is 0.867. The third-order valence-corrected chi connectivity index (χ3v) is 3.47. The van der Waals surface area contributed by atoms with Crippen molar-refractivity contribution in [1.29, 1.82) is 0 Å². The lowest BCUT2D eigenvalue weighted by molar-refractivity contribution is 0.0942. The van der Waals surface area contributed by atoms with Gasteiger partial charge in [0, 0.05) is 18.1 Å². The van der Waals surface area contributed by atoms with Crippen molar-refractivity contribution in [3.63, 3.8) is 0 Å². The first-order chi connectivity index (χ1) is 8.49. The fraction of sp³-hybridized carbons (Fsp3) is 0.364. The monoisotopic (exact) mass is 265 g/mol. The van der Waals surface area contributed by atoms with Crippen LogP contribution in [0.1, 0.15) is 26.1 Å². The number of hydrogen-bond acceptors (Lipinski definition) is 5. The lowest BCUT2D eigenvalue weighted by atomic mass is 10.3. The number of nitrogens with zero attached hydrogens (tertiary/aromatic N) is 3. The largest absolute Gasteiger partial charge is 0.395 e. The molecule has 2 rings (SSSR count). The van der Waals surface area contributed by atoms with Gasteiger partial charge in [0.1, 0.15) is 10.7 Å². The van der Waals surface area contributed by atoms with Gasteiger partial charge in [-0.2, -0.15) is 5.10 Å².